The van der Waals surface area contributed by atoms with Crippen LogP contribution < -0.4 is 0 Å². The van der Waals surface area contributed by atoms with Gasteiger partial charge in [0.25, 0.3) is 0 Å². The topological polar surface area (TPSA) is 43.8 Å². The van der Waals surface area contributed by atoms with Crippen LogP contribution in [-0.4, -0.2) is 69.7 Å². The first kappa shape index (κ1) is 17.6. The van der Waals surface area contributed by atoms with E-state index in [1.807, 2.05) is 37.3 Å². The van der Waals surface area contributed by atoms with E-state index in [1.165, 1.54) is 0 Å². The van der Waals surface area contributed by atoms with Gasteiger partial charge in [-0.2, -0.15) is 0 Å². The molecule has 0 aliphatic carbocycles. The Labute approximate surface area is 136 Å². The molecule has 2 rings (SSSR count). The van der Waals surface area contributed by atoms with Crippen molar-refractivity contribution >= 4 is 10.8 Å². The van der Waals surface area contributed by atoms with Gasteiger partial charge in [-0.05, 0) is 25.5 Å². The zero-order valence-corrected chi connectivity index (χ0v) is 14.5. The molecular weight excluding hydrogens is 296 g/mol. The summed E-state index contributed by atoms with van der Waals surface area (Å²) in [6.07, 6.45) is 0.816. The molecule has 5 heteroatoms. The smallest absolute Gasteiger partial charge is 0.0639 e. The lowest BCUT2D eigenvalue weighted by Gasteiger charge is -2.41. The molecule has 0 saturated carbocycles. The van der Waals surface area contributed by atoms with Gasteiger partial charge >= 0.3 is 0 Å². The van der Waals surface area contributed by atoms with Gasteiger partial charge < -0.3 is 5.11 Å². The number of benzene rings is 1. The molecule has 1 heterocycles. The van der Waals surface area contributed by atoms with Gasteiger partial charge in [-0.15, -0.1) is 0 Å². The van der Waals surface area contributed by atoms with E-state index in [0.29, 0.717) is 11.8 Å². The average Bonchev–Trinajstić information content (AvgIpc) is 2.54. The predicted molar refractivity (Wildman–Crippen MR) is 91.5 cm³/mol. The molecule has 0 radical (unpaired) electrons. The molecule has 4 nitrogen and oxygen atoms in total. The summed E-state index contributed by atoms with van der Waals surface area (Å²) in [5, 5.41) is 9.59. The van der Waals surface area contributed by atoms with Crippen molar-refractivity contribution in [2.75, 3.05) is 38.5 Å². The van der Waals surface area contributed by atoms with Gasteiger partial charge in [-0.1, -0.05) is 25.1 Å². The number of hydrogen-bond donors (Lipinski definition) is 1. The Morgan fingerprint density at radius 3 is 2.68 bits per heavy atom. The van der Waals surface area contributed by atoms with Crippen LogP contribution in [0.4, 0.5) is 0 Å². The number of piperazine rings is 1. The standard InChI is InChI=1S/C17H28N2O2S/c1-3-16-14-18(9-10-19(16)13-15(2)20)11-12-22(21)17-7-5-4-6-8-17/h4-8,15-16,20H,3,9-14H2,1-2H3. The lowest BCUT2D eigenvalue weighted by atomic mass is 10.1. The molecule has 1 aromatic carbocycles. The molecule has 1 N–H and O–H groups in total. The van der Waals surface area contributed by atoms with Crippen molar-refractivity contribution in [2.24, 2.45) is 0 Å². The highest BCUT2D eigenvalue weighted by Crippen LogP contribution is 2.14. The van der Waals surface area contributed by atoms with Crippen LogP contribution in [0.1, 0.15) is 20.3 Å². The van der Waals surface area contributed by atoms with Gasteiger partial charge in [0, 0.05) is 49.4 Å². The Kier molecular flexibility index (Phi) is 7.02. The number of aliphatic hydroxyl groups is 1. The maximum absolute atomic E-state index is 12.3. The van der Waals surface area contributed by atoms with Gasteiger partial charge in [-0.3, -0.25) is 14.0 Å². The third-order valence-corrected chi connectivity index (χ3v) is 5.61. The summed E-state index contributed by atoms with van der Waals surface area (Å²) in [7, 11) is -0.911. The molecule has 3 unspecified atom stereocenters. The minimum Gasteiger partial charge on any atom is -0.392 e. The molecular formula is C17H28N2O2S. The van der Waals surface area contributed by atoms with E-state index < -0.39 is 10.8 Å². The molecule has 0 amide bonds. The largest absolute Gasteiger partial charge is 0.392 e. The van der Waals surface area contributed by atoms with E-state index in [9.17, 15) is 9.32 Å². The zero-order valence-electron chi connectivity index (χ0n) is 13.6. The fraction of sp³-hybridized carbons (Fsp3) is 0.647. The summed E-state index contributed by atoms with van der Waals surface area (Å²) in [6.45, 7) is 8.67. The highest BCUT2D eigenvalue weighted by atomic mass is 32.2. The number of rotatable bonds is 7. The van der Waals surface area contributed by atoms with Gasteiger partial charge in [-0.25, -0.2) is 0 Å². The molecule has 1 aromatic rings. The van der Waals surface area contributed by atoms with Crippen molar-refractivity contribution in [1.29, 1.82) is 0 Å². The minimum atomic E-state index is -0.911. The van der Waals surface area contributed by atoms with Gasteiger partial charge in [0.1, 0.15) is 0 Å². The second-order valence-electron chi connectivity index (χ2n) is 6.07. The Morgan fingerprint density at radius 2 is 2.05 bits per heavy atom. The van der Waals surface area contributed by atoms with Crippen LogP contribution in [0.3, 0.4) is 0 Å². The van der Waals surface area contributed by atoms with Crippen molar-refractivity contribution < 1.29 is 9.32 Å². The predicted octanol–water partition coefficient (Wildman–Crippen LogP) is 1.57. The second-order valence-corrected chi connectivity index (χ2v) is 7.64. The summed E-state index contributed by atoms with van der Waals surface area (Å²) in [4.78, 5) is 5.71. The van der Waals surface area contributed by atoms with Gasteiger partial charge in [0.2, 0.25) is 0 Å². The highest BCUT2D eigenvalue weighted by molar-refractivity contribution is 7.85. The van der Waals surface area contributed by atoms with E-state index in [0.717, 1.165) is 44.0 Å². The Hall–Kier alpha value is -0.750. The van der Waals surface area contributed by atoms with Crippen molar-refractivity contribution in [3.05, 3.63) is 30.3 Å². The fourth-order valence-corrected chi connectivity index (χ4v) is 4.15. The minimum absolute atomic E-state index is 0.272. The van der Waals surface area contributed by atoms with Crippen LogP contribution in [0.25, 0.3) is 0 Å². The number of β-amino-alcohol motifs (C(OH)–C–C–N with tert-alkyl or cyclic N) is 1. The first-order chi connectivity index (χ1) is 10.6. The Balaban J connectivity index is 1.81. The lowest BCUT2D eigenvalue weighted by Crippen LogP contribution is -2.54. The maximum atomic E-state index is 12.3. The monoisotopic (exact) mass is 324 g/mol. The Bertz CT molecular complexity index is 467. The molecule has 124 valence electrons. The second kappa shape index (κ2) is 8.77. The third-order valence-electron chi connectivity index (χ3n) is 4.26. The molecule has 3 atom stereocenters. The molecule has 1 fully saturated rings. The first-order valence-electron chi connectivity index (χ1n) is 8.18. The highest BCUT2D eigenvalue weighted by Gasteiger charge is 2.26. The zero-order chi connectivity index (χ0) is 15.9. The quantitative estimate of drug-likeness (QED) is 0.827. The average molecular weight is 324 g/mol. The van der Waals surface area contributed by atoms with Crippen LogP contribution in [0, 0.1) is 0 Å². The van der Waals surface area contributed by atoms with E-state index in [-0.39, 0.29) is 6.10 Å². The summed E-state index contributed by atoms with van der Waals surface area (Å²) in [6, 6.07) is 10.2. The first-order valence-corrected chi connectivity index (χ1v) is 9.50. The molecule has 0 aromatic heterocycles. The normalized spacial score (nSPS) is 23.3. The summed E-state index contributed by atoms with van der Waals surface area (Å²) in [5.74, 6) is 0.691. The van der Waals surface area contributed by atoms with E-state index in [4.69, 9.17) is 0 Å². The summed E-state index contributed by atoms with van der Waals surface area (Å²) < 4.78 is 12.3. The van der Waals surface area contributed by atoms with Crippen molar-refractivity contribution in [1.82, 2.24) is 9.80 Å². The third kappa shape index (κ3) is 5.16. The SMILES string of the molecule is CCC1CN(CCS(=O)c2ccccc2)CCN1CC(C)O. The summed E-state index contributed by atoms with van der Waals surface area (Å²) >= 11 is 0. The molecule has 1 aliphatic heterocycles. The van der Waals surface area contributed by atoms with Crippen LogP contribution in [0.15, 0.2) is 35.2 Å². The van der Waals surface area contributed by atoms with E-state index in [2.05, 4.69) is 16.7 Å². The molecule has 1 saturated heterocycles. The molecule has 0 bridgehead atoms. The maximum Gasteiger partial charge on any atom is 0.0639 e. The fourth-order valence-electron chi connectivity index (χ4n) is 3.03. The van der Waals surface area contributed by atoms with Crippen molar-refractivity contribution in [3.63, 3.8) is 0 Å². The van der Waals surface area contributed by atoms with Crippen LogP contribution in [0.2, 0.25) is 0 Å². The molecule has 1 aliphatic rings. The number of aliphatic hydroxyl groups excluding tert-OH is 1. The van der Waals surface area contributed by atoms with Gasteiger partial charge in [0.15, 0.2) is 0 Å². The van der Waals surface area contributed by atoms with Crippen molar-refractivity contribution in [3.8, 4) is 0 Å². The van der Waals surface area contributed by atoms with Crippen LogP contribution >= 0.6 is 0 Å². The Morgan fingerprint density at radius 1 is 1.32 bits per heavy atom. The molecule has 0 spiro atoms. The summed E-state index contributed by atoms with van der Waals surface area (Å²) in [5.41, 5.74) is 0. The molecule has 22 heavy (non-hydrogen) atoms. The van der Waals surface area contributed by atoms with E-state index >= 15 is 0 Å². The van der Waals surface area contributed by atoms with Crippen LogP contribution in [0.5, 0.6) is 0 Å². The number of nitrogens with zero attached hydrogens (tertiary/aromatic N) is 2. The lowest BCUT2D eigenvalue weighted by molar-refractivity contribution is 0.0389. The van der Waals surface area contributed by atoms with Gasteiger partial charge in [0.05, 0.1) is 16.9 Å². The number of hydrogen-bond acceptors (Lipinski definition) is 4. The van der Waals surface area contributed by atoms with Crippen LogP contribution in [-0.2, 0) is 10.8 Å². The van der Waals surface area contributed by atoms with E-state index in [1.54, 1.807) is 0 Å². The van der Waals surface area contributed by atoms with Crippen molar-refractivity contribution in [2.45, 2.75) is 37.3 Å².